The maximum absolute atomic E-state index is 12.7. The van der Waals surface area contributed by atoms with Crippen LogP contribution < -0.4 is 14.2 Å². The number of rotatable bonds is 9. The summed E-state index contributed by atoms with van der Waals surface area (Å²) >= 11 is 0. The summed E-state index contributed by atoms with van der Waals surface area (Å²) in [4.78, 5) is 11.0. The number of carboxylic acid groups (broad SMARTS) is 1. The third-order valence-electron chi connectivity index (χ3n) is 4.14. The highest BCUT2D eigenvalue weighted by atomic mass is 32.2. The van der Waals surface area contributed by atoms with Gasteiger partial charge in [-0.2, -0.15) is 0 Å². The number of para-hydroxylation sites is 2. The van der Waals surface area contributed by atoms with Crippen LogP contribution in [0.5, 0.6) is 11.5 Å². The zero-order valence-electron chi connectivity index (χ0n) is 16.2. The van der Waals surface area contributed by atoms with E-state index in [2.05, 4.69) is 4.72 Å². The van der Waals surface area contributed by atoms with Crippen molar-refractivity contribution in [2.75, 3.05) is 17.9 Å². The summed E-state index contributed by atoms with van der Waals surface area (Å²) in [5.74, 6) is -0.120. The first-order chi connectivity index (χ1) is 14.3. The van der Waals surface area contributed by atoms with Gasteiger partial charge in [0.1, 0.15) is 24.7 Å². The molecule has 156 valence electrons. The molecule has 0 aromatic heterocycles. The highest BCUT2D eigenvalue weighted by molar-refractivity contribution is 7.92. The molecule has 3 aromatic carbocycles. The fraction of sp³-hybridized carbons (Fsp3) is 0.136. The van der Waals surface area contributed by atoms with E-state index in [0.717, 1.165) is 5.56 Å². The Bertz CT molecular complexity index is 1130. The normalized spacial score (nSPS) is 11.0. The number of aryl methyl sites for hydroxylation is 1. The first-order valence-electron chi connectivity index (χ1n) is 9.12. The molecule has 3 aromatic rings. The van der Waals surface area contributed by atoms with E-state index in [-0.39, 0.29) is 23.7 Å². The van der Waals surface area contributed by atoms with Crippen LogP contribution in [0.15, 0.2) is 77.7 Å². The van der Waals surface area contributed by atoms with Crippen molar-refractivity contribution < 1.29 is 27.8 Å². The Hall–Kier alpha value is -3.52. The molecule has 0 aliphatic carbocycles. The van der Waals surface area contributed by atoms with Gasteiger partial charge in [-0.1, -0.05) is 24.3 Å². The average molecular weight is 427 g/mol. The Morgan fingerprint density at radius 1 is 0.933 bits per heavy atom. The molecule has 8 heteroatoms. The summed E-state index contributed by atoms with van der Waals surface area (Å²) in [5.41, 5.74) is 1.34. The van der Waals surface area contributed by atoms with Gasteiger partial charge >= 0.3 is 5.97 Å². The number of nitrogens with one attached hydrogen (secondary N) is 1. The standard InChI is InChI=1S/C22H21NO6S/c1-16-5-4-6-19(15-16)30(26,27)23-20-7-2-3-8-21(20)29-14-13-28-18-11-9-17(10-12-18)22(24)25/h2-12,15,23H,13-14H2,1H3,(H,24,25). The van der Waals surface area contributed by atoms with Gasteiger partial charge in [0.25, 0.3) is 10.0 Å². The van der Waals surface area contributed by atoms with Gasteiger partial charge in [0.15, 0.2) is 0 Å². The Kier molecular flexibility index (Phi) is 6.58. The second-order valence-electron chi connectivity index (χ2n) is 6.44. The lowest BCUT2D eigenvalue weighted by molar-refractivity contribution is 0.0697. The van der Waals surface area contributed by atoms with Crippen molar-refractivity contribution in [2.24, 2.45) is 0 Å². The smallest absolute Gasteiger partial charge is 0.335 e. The summed E-state index contributed by atoms with van der Waals surface area (Å²) in [6, 6.07) is 19.4. The fourth-order valence-corrected chi connectivity index (χ4v) is 3.84. The largest absolute Gasteiger partial charge is 0.490 e. The predicted molar refractivity (Wildman–Crippen MR) is 113 cm³/mol. The first kappa shape index (κ1) is 21.2. The number of ether oxygens (including phenoxy) is 2. The molecule has 0 aliphatic rings. The molecule has 0 heterocycles. The number of carbonyl (C=O) groups is 1. The van der Waals surface area contributed by atoms with Crippen molar-refractivity contribution in [1.29, 1.82) is 0 Å². The highest BCUT2D eigenvalue weighted by Gasteiger charge is 2.16. The van der Waals surface area contributed by atoms with Crippen molar-refractivity contribution in [3.8, 4) is 11.5 Å². The van der Waals surface area contributed by atoms with Crippen LogP contribution in [0.25, 0.3) is 0 Å². The zero-order valence-corrected chi connectivity index (χ0v) is 17.1. The Labute approximate surface area is 174 Å². The summed E-state index contributed by atoms with van der Waals surface area (Å²) < 4.78 is 39.1. The summed E-state index contributed by atoms with van der Waals surface area (Å²) in [6.07, 6.45) is 0. The molecule has 3 rings (SSSR count). The molecule has 2 N–H and O–H groups in total. The molecule has 0 spiro atoms. The van der Waals surface area contributed by atoms with Gasteiger partial charge in [-0.25, -0.2) is 13.2 Å². The second-order valence-corrected chi connectivity index (χ2v) is 8.13. The maximum atomic E-state index is 12.7. The van der Waals surface area contributed by atoms with Crippen LogP contribution in [0.3, 0.4) is 0 Å². The van der Waals surface area contributed by atoms with Gasteiger partial charge in [0.05, 0.1) is 16.1 Å². The van der Waals surface area contributed by atoms with E-state index in [1.165, 1.54) is 18.2 Å². The highest BCUT2D eigenvalue weighted by Crippen LogP contribution is 2.27. The second kappa shape index (κ2) is 9.32. The zero-order chi connectivity index (χ0) is 21.6. The lowest BCUT2D eigenvalue weighted by Gasteiger charge is -2.14. The number of carboxylic acids is 1. The maximum Gasteiger partial charge on any atom is 0.335 e. The minimum Gasteiger partial charge on any atom is -0.490 e. The molecule has 0 atom stereocenters. The molecule has 0 unspecified atom stereocenters. The van der Waals surface area contributed by atoms with Crippen molar-refractivity contribution in [3.05, 3.63) is 83.9 Å². The number of anilines is 1. The van der Waals surface area contributed by atoms with Crippen LogP contribution in [0, 0.1) is 6.92 Å². The number of hydrogen-bond acceptors (Lipinski definition) is 5. The van der Waals surface area contributed by atoms with Gasteiger partial charge in [-0.15, -0.1) is 0 Å². The summed E-state index contributed by atoms with van der Waals surface area (Å²) in [6.45, 7) is 2.19. The van der Waals surface area contributed by atoms with E-state index in [0.29, 0.717) is 17.2 Å². The van der Waals surface area contributed by atoms with Gasteiger partial charge in [-0.05, 0) is 61.0 Å². The van der Waals surface area contributed by atoms with Crippen LogP contribution in [0.1, 0.15) is 15.9 Å². The lowest BCUT2D eigenvalue weighted by Crippen LogP contribution is -2.15. The quantitative estimate of drug-likeness (QED) is 0.502. The van der Waals surface area contributed by atoms with Gasteiger partial charge < -0.3 is 14.6 Å². The molecule has 0 aliphatic heterocycles. The predicted octanol–water partition coefficient (Wildman–Crippen LogP) is 3.95. The molecule has 0 fully saturated rings. The minimum absolute atomic E-state index is 0.171. The molecule has 0 radical (unpaired) electrons. The molecular weight excluding hydrogens is 406 g/mol. The van der Waals surface area contributed by atoms with Gasteiger partial charge in [-0.3, -0.25) is 4.72 Å². The molecular formula is C22H21NO6S. The Morgan fingerprint density at radius 2 is 1.63 bits per heavy atom. The topological polar surface area (TPSA) is 102 Å². The van der Waals surface area contributed by atoms with Crippen molar-refractivity contribution in [3.63, 3.8) is 0 Å². The average Bonchev–Trinajstić information content (AvgIpc) is 2.72. The van der Waals surface area contributed by atoms with E-state index in [9.17, 15) is 13.2 Å². The fourth-order valence-electron chi connectivity index (χ4n) is 2.67. The molecule has 0 amide bonds. The third-order valence-corrected chi connectivity index (χ3v) is 5.51. The van der Waals surface area contributed by atoms with Crippen LogP contribution >= 0.6 is 0 Å². The monoisotopic (exact) mass is 427 g/mol. The third kappa shape index (κ3) is 5.51. The van der Waals surface area contributed by atoms with E-state index in [4.69, 9.17) is 14.6 Å². The Morgan fingerprint density at radius 3 is 2.33 bits per heavy atom. The van der Waals surface area contributed by atoms with Crippen molar-refractivity contribution >= 4 is 21.7 Å². The molecule has 0 saturated carbocycles. The lowest BCUT2D eigenvalue weighted by atomic mass is 10.2. The molecule has 30 heavy (non-hydrogen) atoms. The number of sulfonamides is 1. The molecule has 0 saturated heterocycles. The number of aromatic carboxylic acids is 1. The summed E-state index contributed by atoms with van der Waals surface area (Å²) in [5, 5.41) is 8.90. The van der Waals surface area contributed by atoms with Crippen LogP contribution in [-0.2, 0) is 10.0 Å². The van der Waals surface area contributed by atoms with E-state index >= 15 is 0 Å². The van der Waals surface area contributed by atoms with Crippen LogP contribution in [0.2, 0.25) is 0 Å². The van der Waals surface area contributed by atoms with Gasteiger partial charge in [0.2, 0.25) is 0 Å². The van der Waals surface area contributed by atoms with Crippen LogP contribution in [-0.4, -0.2) is 32.7 Å². The van der Waals surface area contributed by atoms with Crippen molar-refractivity contribution in [2.45, 2.75) is 11.8 Å². The number of benzene rings is 3. The minimum atomic E-state index is -3.75. The SMILES string of the molecule is Cc1cccc(S(=O)(=O)Nc2ccccc2OCCOc2ccc(C(=O)O)cc2)c1. The first-order valence-corrected chi connectivity index (χ1v) is 10.6. The van der Waals surface area contributed by atoms with Crippen LogP contribution in [0.4, 0.5) is 5.69 Å². The van der Waals surface area contributed by atoms with Crippen molar-refractivity contribution in [1.82, 2.24) is 0 Å². The number of hydrogen-bond donors (Lipinski definition) is 2. The van der Waals surface area contributed by atoms with E-state index in [1.54, 1.807) is 48.5 Å². The molecule has 7 nitrogen and oxygen atoms in total. The molecule has 0 bridgehead atoms. The summed E-state index contributed by atoms with van der Waals surface area (Å²) in [7, 11) is -3.75. The van der Waals surface area contributed by atoms with E-state index < -0.39 is 16.0 Å². The van der Waals surface area contributed by atoms with E-state index in [1.807, 2.05) is 13.0 Å². The van der Waals surface area contributed by atoms with Gasteiger partial charge in [0, 0.05) is 0 Å². The Balaban J connectivity index is 1.61.